The molecule has 0 aromatic heterocycles. The number of hydrogen-bond acceptors (Lipinski definition) is 1. The molecule has 0 amide bonds. The predicted octanol–water partition coefficient (Wildman–Crippen LogP) is 2.61. The van der Waals surface area contributed by atoms with E-state index in [4.69, 9.17) is 5.73 Å². The van der Waals surface area contributed by atoms with Gasteiger partial charge in [0.15, 0.2) is 0 Å². The first-order chi connectivity index (χ1) is 6.59. The second kappa shape index (κ2) is 4.56. The molecule has 2 N–H and O–H groups in total. The van der Waals surface area contributed by atoms with Crippen LogP contribution in [0.3, 0.4) is 0 Å². The zero-order chi connectivity index (χ0) is 10.6. The fourth-order valence-corrected chi connectivity index (χ4v) is 1.41. The van der Waals surface area contributed by atoms with Crippen LogP contribution in [0.5, 0.6) is 0 Å². The lowest BCUT2D eigenvalue weighted by atomic mass is 9.93. The Labute approximate surface area is 85.1 Å². The number of nitrogens with two attached hydrogens (primary N) is 1. The molecular formula is C12H18FN. The van der Waals surface area contributed by atoms with Gasteiger partial charge in [0.25, 0.3) is 0 Å². The van der Waals surface area contributed by atoms with Gasteiger partial charge in [-0.2, -0.15) is 0 Å². The van der Waals surface area contributed by atoms with Crippen molar-refractivity contribution in [3.63, 3.8) is 0 Å². The van der Waals surface area contributed by atoms with Gasteiger partial charge in [-0.3, -0.25) is 0 Å². The van der Waals surface area contributed by atoms with Crippen LogP contribution in [0, 0.1) is 6.92 Å². The third-order valence-electron chi connectivity index (χ3n) is 2.64. The second-order valence-corrected chi connectivity index (χ2v) is 3.87. The molecule has 1 unspecified atom stereocenters. The molecule has 1 rings (SSSR count). The van der Waals surface area contributed by atoms with Crippen LogP contribution in [0.1, 0.15) is 24.5 Å². The van der Waals surface area contributed by atoms with E-state index in [1.54, 1.807) is 0 Å². The van der Waals surface area contributed by atoms with E-state index in [1.165, 1.54) is 5.56 Å². The molecule has 0 heterocycles. The van der Waals surface area contributed by atoms with E-state index in [0.717, 1.165) is 5.56 Å². The molecule has 0 aliphatic rings. The van der Waals surface area contributed by atoms with Crippen molar-refractivity contribution in [3.05, 3.63) is 35.4 Å². The van der Waals surface area contributed by atoms with Crippen molar-refractivity contribution in [1.82, 2.24) is 0 Å². The Kier molecular flexibility index (Phi) is 3.64. The average Bonchev–Trinajstić information content (AvgIpc) is 2.21. The molecule has 0 radical (unpaired) electrons. The molecule has 0 aliphatic carbocycles. The lowest BCUT2D eigenvalue weighted by Crippen LogP contribution is -2.34. The molecule has 0 spiro atoms. The predicted molar refractivity (Wildman–Crippen MR) is 58.1 cm³/mol. The third kappa shape index (κ3) is 2.81. The normalized spacial score (nSPS) is 15.1. The fraction of sp³-hybridized carbons (Fsp3) is 0.500. The number of halogens is 1. The summed E-state index contributed by atoms with van der Waals surface area (Å²) in [6.45, 7) is 3.95. The monoisotopic (exact) mass is 195 g/mol. The van der Waals surface area contributed by atoms with E-state index in [2.05, 4.69) is 0 Å². The number of aryl methyl sites for hydroxylation is 1. The Balaban J connectivity index is 2.72. The number of hydrogen-bond donors (Lipinski definition) is 1. The summed E-state index contributed by atoms with van der Waals surface area (Å²) >= 11 is 0. The van der Waals surface area contributed by atoms with Crippen LogP contribution in [0.25, 0.3) is 0 Å². The summed E-state index contributed by atoms with van der Waals surface area (Å²) in [6, 6.07) is 7.94. The molecule has 1 aromatic carbocycles. The molecule has 0 aliphatic heterocycles. The highest BCUT2D eigenvalue weighted by Gasteiger charge is 2.25. The highest BCUT2D eigenvalue weighted by molar-refractivity contribution is 5.22. The summed E-state index contributed by atoms with van der Waals surface area (Å²) in [4.78, 5) is 0. The van der Waals surface area contributed by atoms with Gasteiger partial charge in [0, 0.05) is 13.0 Å². The van der Waals surface area contributed by atoms with Gasteiger partial charge < -0.3 is 5.73 Å². The zero-order valence-corrected chi connectivity index (χ0v) is 8.89. The van der Waals surface area contributed by atoms with Crippen molar-refractivity contribution in [1.29, 1.82) is 0 Å². The Hall–Kier alpha value is -0.890. The highest BCUT2D eigenvalue weighted by atomic mass is 19.1. The van der Waals surface area contributed by atoms with Gasteiger partial charge in [-0.25, -0.2) is 4.39 Å². The van der Waals surface area contributed by atoms with Crippen molar-refractivity contribution in [2.45, 2.75) is 32.4 Å². The first kappa shape index (κ1) is 11.2. The molecule has 1 atom stereocenters. The Bertz CT molecular complexity index is 275. The second-order valence-electron chi connectivity index (χ2n) is 3.87. The topological polar surface area (TPSA) is 26.0 Å². The highest BCUT2D eigenvalue weighted by Crippen LogP contribution is 2.20. The minimum Gasteiger partial charge on any atom is -0.328 e. The van der Waals surface area contributed by atoms with Gasteiger partial charge in [0.2, 0.25) is 0 Å². The van der Waals surface area contributed by atoms with Gasteiger partial charge in [-0.15, -0.1) is 0 Å². The van der Waals surface area contributed by atoms with Crippen molar-refractivity contribution in [2.24, 2.45) is 5.73 Å². The SMILES string of the molecule is CCC(F)(CN)Cc1ccc(C)cc1. The van der Waals surface area contributed by atoms with Crippen LogP contribution in [0.15, 0.2) is 24.3 Å². The average molecular weight is 195 g/mol. The summed E-state index contributed by atoms with van der Waals surface area (Å²) < 4.78 is 13.9. The molecule has 0 saturated carbocycles. The minimum absolute atomic E-state index is 0.0946. The Morgan fingerprint density at radius 2 is 1.86 bits per heavy atom. The lowest BCUT2D eigenvalue weighted by molar-refractivity contribution is 0.167. The molecule has 1 aromatic rings. The van der Waals surface area contributed by atoms with Crippen molar-refractivity contribution in [3.8, 4) is 0 Å². The minimum atomic E-state index is -1.24. The maximum absolute atomic E-state index is 13.9. The van der Waals surface area contributed by atoms with Crippen molar-refractivity contribution >= 4 is 0 Å². The molecule has 0 fully saturated rings. The maximum Gasteiger partial charge on any atom is 0.126 e. The van der Waals surface area contributed by atoms with Gasteiger partial charge >= 0.3 is 0 Å². The lowest BCUT2D eigenvalue weighted by Gasteiger charge is -2.21. The van der Waals surface area contributed by atoms with Crippen LogP contribution >= 0.6 is 0 Å². The first-order valence-electron chi connectivity index (χ1n) is 5.04. The molecule has 1 nitrogen and oxygen atoms in total. The van der Waals surface area contributed by atoms with Crippen LogP contribution in [0.4, 0.5) is 4.39 Å². The summed E-state index contributed by atoms with van der Waals surface area (Å²) in [6.07, 6.45) is 0.887. The maximum atomic E-state index is 13.9. The summed E-state index contributed by atoms with van der Waals surface area (Å²) in [5, 5.41) is 0. The largest absolute Gasteiger partial charge is 0.328 e. The van der Waals surface area contributed by atoms with Crippen LogP contribution in [-0.4, -0.2) is 12.2 Å². The van der Waals surface area contributed by atoms with Gasteiger partial charge in [-0.1, -0.05) is 36.8 Å². The van der Waals surface area contributed by atoms with E-state index >= 15 is 0 Å². The van der Waals surface area contributed by atoms with Crippen LogP contribution in [0.2, 0.25) is 0 Å². The Morgan fingerprint density at radius 1 is 1.29 bits per heavy atom. The fourth-order valence-electron chi connectivity index (χ4n) is 1.41. The van der Waals surface area contributed by atoms with Crippen LogP contribution in [-0.2, 0) is 6.42 Å². The molecule has 78 valence electrons. The van der Waals surface area contributed by atoms with Gasteiger partial charge in [0.1, 0.15) is 5.67 Å². The standard InChI is InChI=1S/C12H18FN/c1-3-12(13,9-14)8-11-6-4-10(2)5-7-11/h4-7H,3,8-9,14H2,1-2H3. The molecule has 0 saturated heterocycles. The van der Waals surface area contributed by atoms with E-state index in [-0.39, 0.29) is 6.54 Å². The van der Waals surface area contributed by atoms with Crippen molar-refractivity contribution < 1.29 is 4.39 Å². The number of rotatable bonds is 4. The Morgan fingerprint density at radius 3 is 2.29 bits per heavy atom. The third-order valence-corrected chi connectivity index (χ3v) is 2.64. The smallest absolute Gasteiger partial charge is 0.126 e. The molecular weight excluding hydrogens is 177 g/mol. The van der Waals surface area contributed by atoms with Gasteiger partial charge in [-0.05, 0) is 18.9 Å². The number of benzene rings is 1. The first-order valence-corrected chi connectivity index (χ1v) is 5.04. The number of alkyl halides is 1. The van der Waals surface area contributed by atoms with Crippen molar-refractivity contribution in [2.75, 3.05) is 6.54 Å². The quantitative estimate of drug-likeness (QED) is 0.785. The summed E-state index contributed by atoms with van der Waals surface area (Å²) in [5.41, 5.74) is 6.40. The summed E-state index contributed by atoms with van der Waals surface area (Å²) in [7, 11) is 0. The summed E-state index contributed by atoms with van der Waals surface area (Å²) in [5.74, 6) is 0. The van der Waals surface area contributed by atoms with Crippen LogP contribution < -0.4 is 5.73 Å². The van der Waals surface area contributed by atoms with E-state index in [0.29, 0.717) is 12.8 Å². The van der Waals surface area contributed by atoms with Gasteiger partial charge in [0.05, 0.1) is 0 Å². The molecule has 2 heteroatoms. The molecule has 0 bridgehead atoms. The molecule has 14 heavy (non-hydrogen) atoms. The van der Waals surface area contributed by atoms with E-state index in [1.807, 2.05) is 38.1 Å². The van der Waals surface area contributed by atoms with E-state index in [9.17, 15) is 4.39 Å². The zero-order valence-electron chi connectivity index (χ0n) is 8.89. The van der Waals surface area contributed by atoms with E-state index < -0.39 is 5.67 Å².